The summed E-state index contributed by atoms with van der Waals surface area (Å²) < 4.78 is 0. The van der Waals surface area contributed by atoms with Gasteiger partial charge in [-0.3, -0.25) is 5.10 Å². The van der Waals surface area contributed by atoms with Crippen LogP contribution in [0.4, 0.5) is 5.82 Å². The van der Waals surface area contributed by atoms with Crippen LogP contribution in [-0.2, 0) is 6.42 Å². The molecule has 0 unspecified atom stereocenters. The van der Waals surface area contributed by atoms with Crippen LogP contribution in [0.1, 0.15) is 18.5 Å². The minimum Gasteiger partial charge on any atom is -0.382 e. The van der Waals surface area contributed by atoms with Gasteiger partial charge in [0.15, 0.2) is 5.82 Å². The second-order valence-corrected chi connectivity index (χ2v) is 4.69. The molecule has 5 N–H and O–H groups in total. The number of pyridine rings is 1. The number of nitrogens with one attached hydrogen (secondary N) is 1. The largest absolute Gasteiger partial charge is 0.382 e. The number of para-hydroxylation sites is 1. The second kappa shape index (κ2) is 4.85. The van der Waals surface area contributed by atoms with Crippen molar-refractivity contribution in [2.75, 3.05) is 12.3 Å². The molecule has 0 radical (unpaired) electrons. The quantitative estimate of drug-likeness (QED) is 0.621. The highest BCUT2D eigenvalue weighted by Gasteiger charge is 2.13. The zero-order valence-corrected chi connectivity index (χ0v) is 10.7. The van der Waals surface area contributed by atoms with E-state index in [1.165, 1.54) is 0 Å². The predicted octanol–water partition coefficient (Wildman–Crippen LogP) is 1.97. The molecule has 3 rings (SSSR count). The van der Waals surface area contributed by atoms with Gasteiger partial charge in [0.1, 0.15) is 5.52 Å². The number of nitrogens with two attached hydrogens (primary N) is 2. The van der Waals surface area contributed by atoms with Crippen molar-refractivity contribution >= 4 is 27.6 Å². The van der Waals surface area contributed by atoms with Crippen LogP contribution in [0.5, 0.6) is 0 Å². The molecular weight excluding hydrogens is 238 g/mol. The average Bonchev–Trinajstić information content (AvgIpc) is 2.84. The Morgan fingerprint density at radius 3 is 2.84 bits per heavy atom. The summed E-state index contributed by atoms with van der Waals surface area (Å²) in [6, 6.07) is 8.01. The van der Waals surface area contributed by atoms with E-state index in [1.807, 2.05) is 18.2 Å². The Hall–Kier alpha value is -2.14. The summed E-state index contributed by atoms with van der Waals surface area (Å²) in [5, 5.41) is 9.60. The number of fused-ring (bicyclic) bond motifs is 3. The Morgan fingerprint density at radius 1 is 1.16 bits per heavy atom. The molecule has 1 aromatic carbocycles. The molecular formula is C14H17N5. The highest BCUT2D eigenvalue weighted by molar-refractivity contribution is 6.09. The molecule has 5 nitrogen and oxygen atoms in total. The van der Waals surface area contributed by atoms with Crippen LogP contribution < -0.4 is 11.5 Å². The number of hydrogen-bond acceptors (Lipinski definition) is 4. The number of unbranched alkanes of at least 4 members (excludes halogenated alkanes) is 1. The predicted molar refractivity (Wildman–Crippen MR) is 77.8 cm³/mol. The van der Waals surface area contributed by atoms with Crippen LogP contribution in [0, 0.1) is 0 Å². The van der Waals surface area contributed by atoms with Gasteiger partial charge in [-0.05, 0) is 31.9 Å². The summed E-state index contributed by atoms with van der Waals surface area (Å²) >= 11 is 0. The van der Waals surface area contributed by atoms with Crippen LogP contribution in [0.3, 0.4) is 0 Å². The Balaban J connectivity index is 2.18. The van der Waals surface area contributed by atoms with Crippen LogP contribution in [0.15, 0.2) is 24.3 Å². The molecule has 0 aliphatic carbocycles. The van der Waals surface area contributed by atoms with Gasteiger partial charge in [-0.2, -0.15) is 5.10 Å². The molecule has 0 bridgehead atoms. The number of benzene rings is 1. The number of nitrogens with zero attached hydrogens (tertiary/aromatic N) is 2. The smallest absolute Gasteiger partial charge is 0.152 e. The molecule has 0 fully saturated rings. The highest BCUT2D eigenvalue weighted by Crippen LogP contribution is 2.29. The number of nitrogen functional groups attached to an aromatic ring is 1. The van der Waals surface area contributed by atoms with Gasteiger partial charge in [0.05, 0.1) is 5.52 Å². The van der Waals surface area contributed by atoms with Crippen molar-refractivity contribution in [3.05, 3.63) is 30.0 Å². The highest BCUT2D eigenvalue weighted by atomic mass is 15.1. The molecule has 0 aliphatic rings. The third-order valence-electron chi connectivity index (χ3n) is 3.38. The zero-order chi connectivity index (χ0) is 13.2. The van der Waals surface area contributed by atoms with E-state index >= 15 is 0 Å². The first-order chi connectivity index (χ1) is 9.31. The lowest BCUT2D eigenvalue weighted by Crippen LogP contribution is -1.99. The standard InChI is InChI=1S/C14H17N5/c15-8-4-3-7-11-12-9-5-1-2-6-10(9)17-14(16)13(12)19-18-11/h1-2,5-6H,3-4,7-8,15H2,(H2,16,17)(H,18,19). The van der Waals surface area contributed by atoms with E-state index in [1.54, 1.807) is 0 Å². The molecule has 0 saturated carbocycles. The van der Waals surface area contributed by atoms with Gasteiger partial charge in [0.25, 0.3) is 0 Å². The lowest BCUT2D eigenvalue weighted by Gasteiger charge is -2.03. The average molecular weight is 255 g/mol. The van der Waals surface area contributed by atoms with Gasteiger partial charge >= 0.3 is 0 Å². The molecule has 5 heteroatoms. The summed E-state index contributed by atoms with van der Waals surface area (Å²) in [4.78, 5) is 4.39. The molecule has 0 spiro atoms. The molecule has 2 aromatic heterocycles. The van der Waals surface area contributed by atoms with E-state index < -0.39 is 0 Å². The maximum atomic E-state index is 5.98. The Kier molecular flexibility index (Phi) is 3.05. The van der Waals surface area contributed by atoms with Gasteiger partial charge in [-0.15, -0.1) is 0 Å². The fourth-order valence-electron chi connectivity index (χ4n) is 2.45. The SMILES string of the molecule is NCCCCc1[nH]nc2c(N)nc3ccccc3c12. The molecule has 0 aliphatic heterocycles. The van der Waals surface area contributed by atoms with E-state index in [0.717, 1.165) is 53.3 Å². The van der Waals surface area contributed by atoms with Gasteiger partial charge in [0, 0.05) is 16.5 Å². The Morgan fingerprint density at radius 2 is 2.00 bits per heavy atom. The normalized spacial score (nSPS) is 11.4. The Labute approximate surface area is 111 Å². The van der Waals surface area contributed by atoms with Crippen molar-refractivity contribution in [3.63, 3.8) is 0 Å². The van der Waals surface area contributed by atoms with Crippen LogP contribution in [-0.4, -0.2) is 21.7 Å². The molecule has 0 amide bonds. The summed E-state index contributed by atoms with van der Waals surface area (Å²) in [7, 11) is 0. The van der Waals surface area contributed by atoms with E-state index in [-0.39, 0.29) is 0 Å². The number of H-pyrrole nitrogens is 1. The van der Waals surface area contributed by atoms with Gasteiger partial charge in [-0.25, -0.2) is 4.98 Å². The summed E-state index contributed by atoms with van der Waals surface area (Å²) in [5.41, 5.74) is 14.3. The van der Waals surface area contributed by atoms with Crippen LogP contribution >= 0.6 is 0 Å². The molecule has 3 aromatic rings. The minimum absolute atomic E-state index is 0.482. The summed E-state index contributed by atoms with van der Waals surface area (Å²) in [5.74, 6) is 0.482. The van der Waals surface area contributed by atoms with E-state index in [9.17, 15) is 0 Å². The number of hydrogen-bond donors (Lipinski definition) is 3. The van der Waals surface area contributed by atoms with Crippen LogP contribution in [0.2, 0.25) is 0 Å². The number of rotatable bonds is 4. The third-order valence-corrected chi connectivity index (χ3v) is 3.38. The number of aromatic amines is 1. The van der Waals surface area contributed by atoms with Gasteiger partial charge < -0.3 is 11.5 Å². The van der Waals surface area contributed by atoms with E-state index in [0.29, 0.717) is 5.82 Å². The zero-order valence-electron chi connectivity index (χ0n) is 10.7. The maximum absolute atomic E-state index is 5.98. The topological polar surface area (TPSA) is 93.6 Å². The van der Waals surface area contributed by atoms with E-state index in [2.05, 4.69) is 21.2 Å². The fourth-order valence-corrected chi connectivity index (χ4v) is 2.45. The molecule has 0 atom stereocenters. The first-order valence-electron chi connectivity index (χ1n) is 6.52. The van der Waals surface area contributed by atoms with Crippen molar-refractivity contribution in [2.24, 2.45) is 5.73 Å². The van der Waals surface area contributed by atoms with E-state index in [4.69, 9.17) is 11.5 Å². The maximum Gasteiger partial charge on any atom is 0.152 e. The number of aryl methyl sites for hydroxylation is 1. The van der Waals surface area contributed by atoms with Crippen molar-refractivity contribution in [1.29, 1.82) is 0 Å². The fraction of sp³-hybridized carbons (Fsp3) is 0.286. The van der Waals surface area contributed by atoms with Crippen molar-refractivity contribution in [1.82, 2.24) is 15.2 Å². The summed E-state index contributed by atoms with van der Waals surface area (Å²) in [6.07, 6.45) is 2.99. The van der Waals surface area contributed by atoms with Crippen LogP contribution in [0.25, 0.3) is 21.8 Å². The second-order valence-electron chi connectivity index (χ2n) is 4.69. The van der Waals surface area contributed by atoms with Crippen molar-refractivity contribution < 1.29 is 0 Å². The van der Waals surface area contributed by atoms with Crippen molar-refractivity contribution in [3.8, 4) is 0 Å². The number of aromatic nitrogens is 3. The molecule has 98 valence electrons. The van der Waals surface area contributed by atoms with Gasteiger partial charge in [-0.1, -0.05) is 18.2 Å². The van der Waals surface area contributed by atoms with Gasteiger partial charge in [0.2, 0.25) is 0 Å². The lowest BCUT2D eigenvalue weighted by molar-refractivity contribution is 0.732. The minimum atomic E-state index is 0.482. The van der Waals surface area contributed by atoms with Crippen molar-refractivity contribution in [2.45, 2.75) is 19.3 Å². The monoisotopic (exact) mass is 255 g/mol. The third kappa shape index (κ3) is 2.02. The first kappa shape index (κ1) is 11.9. The summed E-state index contributed by atoms with van der Waals surface area (Å²) in [6.45, 7) is 0.719. The Bertz CT molecular complexity index is 716. The number of anilines is 1. The molecule has 0 saturated heterocycles. The molecule has 2 heterocycles. The first-order valence-corrected chi connectivity index (χ1v) is 6.52. The lowest BCUT2D eigenvalue weighted by atomic mass is 10.1. The molecule has 19 heavy (non-hydrogen) atoms.